The molecule has 1 N–H and O–H groups in total. The van der Waals surface area contributed by atoms with Crippen molar-refractivity contribution in [2.24, 2.45) is 0 Å². The van der Waals surface area contributed by atoms with Gasteiger partial charge < -0.3 is 10.1 Å². The topological polar surface area (TPSA) is 38.3 Å². The summed E-state index contributed by atoms with van der Waals surface area (Å²) >= 11 is 7.46. The molecule has 17 heavy (non-hydrogen) atoms. The Morgan fingerprint density at radius 1 is 1.47 bits per heavy atom. The average molecular weight is 274 g/mol. The van der Waals surface area contributed by atoms with Crippen molar-refractivity contribution in [3.63, 3.8) is 0 Å². The first-order valence-corrected chi connectivity index (χ1v) is 6.80. The molecule has 0 fully saturated rings. The lowest BCUT2D eigenvalue weighted by Crippen LogP contribution is -2.34. The summed E-state index contributed by atoms with van der Waals surface area (Å²) in [7, 11) is 0. The fourth-order valence-corrected chi connectivity index (χ4v) is 2.15. The maximum atomic E-state index is 11.1. The Hall–Kier alpha value is -0.870. The highest BCUT2D eigenvalue weighted by molar-refractivity contribution is 7.99. The van der Waals surface area contributed by atoms with Crippen molar-refractivity contribution in [2.75, 3.05) is 12.4 Å². The standard InChI is InChI=1S/C12H16ClNO2S/c1-3-16-12(15)14-9(2)8-17-11-6-4-10(13)5-7-11/h4-7,9H,3,8H2,1-2H3,(H,14,15). The first-order chi connectivity index (χ1) is 8.11. The summed E-state index contributed by atoms with van der Waals surface area (Å²) in [6.45, 7) is 4.12. The van der Waals surface area contributed by atoms with Gasteiger partial charge in [0.2, 0.25) is 0 Å². The Morgan fingerprint density at radius 3 is 2.71 bits per heavy atom. The van der Waals surface area contributed by atoms with Gasteiger partial charge in [-0.25, -0.2) is 4.79 Å². The molecule has 1 aromatic carbocycles. The Kier molecular flexibility index (Phi) is 6.22. The van der Waals surface area contributed by atoms with Gasteiger partial charge in [0.1, 0.15) is 0 Å². The molecule has 1 aromatic rings. The number of rotatable bonds is 5. The highest BCUT2D eigenvalue weighted by Crippen LogP contribution is 2.20. The minimum atomic E-state index is -0.364. The Bertz CT molecular complexity index is 356. The lowest BCUT2D eigenvalue weighted by atomic mass is 10.4. The number of thioether (sulfide) groups is 1. The van der Waals surface area contributed by atoms with Crippen LogP contribution < -0.4 is 5.32 Å². The van der Waals surface area contributed by atoms with Crippen LogP contribution in [0.4, 0.5) is 4.79 Å². The number of halogens is 1. The first kappa shape index (κ1) is 14.2. The molecule has 0 saturated carbocycles. The first-order valence-electron chi connectivity index (χ1n) is 5.43. The van der Waals surface area contributed by atoms with Crippen molar-refractivity contribution in [1.82, 2.24) is 5.32 Å². The van der Waals surface area contributed by atoms with Crippen LogP contribution in [0.2, 0.25) is 5.02 Å². The lowest BCUT2D eigenvalue weighted by Gasteiger charge is -2.13. The number of alkyl carbamates (subject to hydrolysis) is 1. The van der Waals surface area contributed by atoms with E-state index in [0.29, 0.717) is 6.61 Å². The molecule has 0 aliphatic carbocycles. The van der Waals surface area contributed by atoms with Crippen LogP contribution in [-0.2, 0) is 4.74 Å². The summed E-state index contributed by atoms with van der Waals surface area (Å²) in [6, 6.07) is 7.70. The number of carbonyl (C=O) groups is 1. The van der Waals surface area contributed by atoms with Crippen molar-refractivity contribution >= 4 is 29.5 Å². The summed E-state index contributed by atoms with van der Waals surface area (Å²) in [6.07, 6.45) is -0.364. The third kappa shape index (κ3) is 5.84. The van der Waals surface area contributed by atoms with Crippen LogP contribution in [0.25, 0.3) is 0 Å². The van der Waals surface area contributed by atoms with E-state index in [1.54, 1.807) is 18.7 Å². The third-order valence-electron chi connectivity index (χ3n) is 1.95. The van der Waals surface area contributed by atoms with Gasteiger partial charge in [-0.1, -0.05) is 11.6 Å². The van der Waals surface area contributed by atoms with E-state index in [0.717, 1.165) is 15.7 Å². The second-order valence-corrected chi connectivity index (χ2v) is 5.06. The second kappa shape index (κ2) is 7.45. The third-order valence-corrected chi connectivity index (χ3v) is 3.48. The van der Waals surface area contributed by atoms with Gasteiger partial charge in [0, 0.05) is 21.7 Å². The fraction of sp³-hybridized carbons (Fsp3) is 0.417. The average Bonchev–Trinajstić information content (AvgIpc) is 2.28. The Labute approximate surface area is 111 Å². The van der Waals surface area contributed by atoms with Gasteiger partial charge in [0.25, 0.3) is 0 Å². The maximum Gasteiger partial charge on any atom is 0.407 e. The summed E-state index contributed by atoms with van der Waals surface area (Å²) in [5.41, 5.74) is 0. The van der Waals surface area contributed by atoms with Crippen molar-refractivity contribution < 1.29 is 9.53 Å². The van der Waals surface area contributed by atoms with Crippen LogP contribution in [0.15, 0.2) is 29.2 Å². The van der Waals surface area contributed by atoms with Crippen LogP contribution in [0.3, 0.4) is 0 Å². The minimum absolute atomic E-state index is 0.0646. The van der Waals surface area contributed by atoms with Gasteiger partial charge in [-0.3, -0.25) is 0 Å². The van der Waals surface area contributed by atoms with E-state index < -0.39 is 0 Å². The quantitative estimate of drug-likeness (QED) is 0.834. The summed E-state index contributed by atoms with van der Waals surface area (Å²) < 4.78 is 4.80. The van der Waals surface area contributed by atoms with Gasteiger partial charge in [0.05, 0.1) is 6.61 Å². The van der Waals surface area contributed by atoms with E-state index >= 15 is 0 Å². The predicted molar refractivity (Wildman–Crippen MR) is 71.8 cm³/mol. The molecule has 0 spiro atoms. The van der Waals surface area contributed by atoms with Gasteiger partial charge in [-0.2, -0.15) is 0 Å². The molecule has 0 bridgehead atoms. The molecule has 1 amide bonds. The van der Waals surface area contributed by atoms with Gasteiger partial charge in [-0.15, -0.1) is 11.8 Å². The molecule has 5 heteroatoms. The smallest absolute Gasteiger partial charge is 0.407 e. The molecule has 3 nitrogen and oxygen atoms in total. The maximum absolute atomic E-state index is 11.1. The monoisotopic (exact) mass is 273 g/mol. The van der Waals surface area contributed by atoms with Crippen LogP contribution >= 0.6 is 23.4 Å². The zero-order valence-corrected chi connectivity index (χ0v) is 11.5. The van der Waals surface area contributed by atoms with E-state index in [2.05, 4.69) is 5.32 Å². The van der Waals surface area contributed by atoms with Crippen molar-refractivity contribution in [2.45, 2.75) is 24.8 Å². The zero-order chi connectivity index (χ0) is 12.7. The zero-order valence-electron chi connectivity index (χ0n) is 9.90. The number of nitrogens with one attached hydrogen (secondary N) is 1. The Balaban J connectivity index is 2.30. The summed E-state index contributed by atoms with van der Waals surface area (Å²) in [4.78, 5) is 12.3. The molecule has 1 unspecified atom stereocenters. The van der Waals surface area contributed by atoms with E-state index in [4.69, 9.17) is 16.3 Å². The van der Waals surface area contributed by atoms with E-state index in [1.165, 1.54) is 0 Å². The number of hydrogen-bond acceptors (Lipinski definition) is 3. The van der Waals surface area contributed by atoms with Gasteiger partial charge >= 0.3 is 6.09 Å². The number of amides is 1. The van der Waals surface area contributed by atoms with Crippen molar-refractivity contribution in [3.05, 3.63) is 29.3 Å². The van der Waals surface area contributed by atoms with E-state index in [9.17, 15) is 4.79 Å². The van der Waals surface area contributed by atoms with Gasteiger partial charge in [-0.05, 0) is 38.1 Å². The fourth-order valence-electron chi connectivity index (χ4n) is 1.17. The second-order valence-electron chi connectivity index (χ2n) is 3.53. The molecule has 94 valence electrons. The summed E-state index contributed by atoms with van der Waals surface area (Å²) in [5, 5.41) is 3.48. The molecule has 0 heterocycles. The molecule has 0 aliphatic heterocycles. The van der Waals surface area contributed by atoms with Crippen molar-refractivity contribution in [1.29, 1.82) is 0 Å². The largest absolute Gasteiger partial charge is 0.450 e. The van der Waals surface area contributed by atoms with Crippen LogP contribution in [0.5, 0.6) is 0 Å². The SMILES string of the molecule is CCOC(=O)NC(C)CSc1ccc(Cl)cc1. The predicted octanol–water partition coefficient (Wildman–Crippen LogP) is 3.57. The normalized spacial score (nSPS) is 11.9. The molecule has 0 saturated heterocycles. The molecular formula is C12H16ClNO2S. The number of carbonyl (C=O) groups excluding carboxylic acids is 1. The van der Waals surface area contributed by atoms with E-state index in [1.807, 2.05) is 31.2 Å². The number of hydrogen-bond donors (Lipinski definition) is 1. The Morgan fingerprint density at radius 2 is 2.12 bits per heavy atom. The highest BCUT2D eigenvalue weighted by atomic mass is 35.5. The number of ether oxygens (including phenoxy) is 1. The van der Waals surface area contributed by atoms with Crippen molar-refractivity contribution in [3.8, 4) is 0 Å². The summed E-state index contributed by atoms with van der Waals surface area (Å²) in [5.74, 6) is 0.792. The van der Waals surface area contributed by atoms with Crippen LogP contribution in [-0.4, -0.2) is 24.5 Å². The molecule has 1 atom stereocenters. The van der Waals surface area contributed by atoms with Crippen LogP contribution in [0, 0.1) is 0 Å². The van der Waals surface area contributed by atoms with E-state index in [-0.39, 0.29) is 12.1 Å². The molecular weight excluding hydrogens is 258 g/mol. The molecule has 0 aromatic heterocycles. The minimum Gasteiger partial charge on any atom is -0.450 e. The lowest BCUT2D eigenvalue weighted by molar-refractivity contribution is 0.150. The number of benzene rings is 1. The highest BCUT2D eigenvalue weighted by Gasteiger charge is 2.07. The molecule has 0 radical (unpaired) electrons. The van der Waals surface area contributed by atoms with Crippen LogP contribution in [0.1, 0.15) is 13.8 Å². The van der Waals surface area contributed by atoms with Gasteiger partial charge in [0.15, 0.2) is 0 Å². The molecule has 0 aliphatic rings. The molecule has 1 rings (SSSR count).